The number of halogens is 1. The van der Waals surface area contributed by atoms with Gasteiger partial charge in [0.1, 0.15) is 0 Å². The van der Waals surface area contributed by atoms with Gasteiger partial charge in [-0.15, -0.1) is 11.3 Å². The maximum absolute atomic E-state index is 11.8. The number of carbonyl (C=O) groups excluding carboxylic acids is 1. The molecule has 0 spiro atoms. The number of hydrogen-bond acceptors (Lipinski definition) is 2. The van der Waals surface area contributed by atoms with Crippen LogP contribution in [-0.2, 0) is 0 Å². The van der Waals surface area contributed by atoms with Crippen LogP contribution < -0.4 is 0 Å². The summed E-state index contributed by atoms with van der Waals surface area (Å²) in [5.74, 6) is 0.220. The van der Waals surface area contributed by atoms with Gasteiger partial charge in [0, 0.05) is 4.88 Å². The van der Waals surface area contributed by atoms with E-state index in [0.29, 0.717) is 0 Å². The third kappa shape index (κ3) is 2.41. The van der Waals surface area contributed by atoms with Crippen molar-refractivity contribution in [3.8, 4) is 0 Å². The molecule has 0 N–H and O–H groups in total. The van der Waals surface area contributed by atoms with Crippen molar-refractivity contribution >= 4 is 33.0 Å². The molecule has 0 radical (unpaired) electrons. The Hall–Kier alpha value is -0.150. The van der Waals surface area contributed by atoms with E-state index in [9.17, 15) is 4.79 Å². The van der Waals surface area contributed by atoms with Crippen molar-refractivity contribution in [3.05, 3.63) is 21.4 Å². The third-order valence-corrected chi connectivity index (χ3v) is 4.14. The Kier molecular flexibility index (Phi) is 3.68. The highest BCUT2D eigenvalue weighted by molar-refractivity contribution is 9.10. The minimum absolute atomic E-state index is 0.0238. The maximum atomic E-state index is 11.8. The average molecular weight is 261 g/mol. The summed E-state index contributed by atoms with van der Waals surface area (Å²) in [6, 6.07) is 2.06. The Labute approximate surface area is 91.3 Å². The van der Waals surface area contributed by atoms with Crippen molar-refractivity contribution in [2.45, 2.75) is 32.0 Å². The molecule has 0 aliphatic rings. The highest BCUT2D eigenvalue weighted by Gasteiger charge is 2.18. The fourth-order valence-electron chi connectivity index (χ4n) is 1.21. The van der Waals surface area contributed by atoms with Crippen LogP contribution in [0.3, 0.4) is 0 Å². The van der Waals surface area contributed by atoms with E-state index in [1.54, 1.807) is 11.3 Å². The van der Waals surface area contributed by atoms with Crippen molar-refractivity contribution in [2.75, 3.05) is 0 Å². The van der Waals surface area contributed by atoms with Gasteiger partial charge >= 0.3 is 0 Å². The number of rotatable bonds is 3. The summed E-state index contributed by atoms with van der Waals surface area (Å²) in [6.07, 6.45) is 0.842. The Morgan fingerprint density at radius 2 is 2.23 bits per heavy atom. The molecule has 0 saturated heterocycles. The first-order chi connectivity index (χ1) is 6.06. The molecular weight excluding hydrogens is 248 g/mol. The van der Waals surface area contributed by atoms with E-state index >= 15 is 0 Å². The maximum Gasteiger partial charge on any atom is 0.186 e. The first kappa shape index (κ1) is 10.9. The largest absolute Gasteiger partial charge is 0.292 e. The molecule has 3 heteroatoms. The van der Waals surface area contributed by atoms with Gasteiger partial charge in [-0.3, -0.25) is 4.79 Å². The molecule has 0 fully saturated rings. The molecule has 72 valence electrons. The van der Waals surface area contributed by atoms with Crippen LogP contribution in [0, 0.1) is 13.8 Å². The summed E-state index contributed by atoms with van der Waals surface area (Å²) >= 11 is 4.97. The zero-order chi connectivity index (χ0) is 10.0. The fourth-order valence-corrected chi connectivity index (χ4v) is 2.61. The van der Waals surface area contributed by atoms with Crippen LogP contribution in [0.5, 0.6) is 0 Å². The summed E-state index contributed by atoms with van der Waals surface area (Å²) in [4.78, 5) is 13.9. The molecule has 1 rings (SSSR count). The Bertz CT molecular complexity index is 317. The van der Waals surface area contributed by atoms with Crippen molar-refractivity contribution in [1.82, 2.24) is 0 Å². The van der Waals surface area contributed by atoms with Gasteiger partial charge in [-0.1, -0.05) is 22.9 Å². The molecule has 1 nitrogen and oxygen atoms in total. The van der Waals surface area contributed by atoms with E-state index in [1.807, 2.05) is 20.8 Å². The SMILES string of the molecule is CCC(Br)C(=O)c1sc(C)cc1C. The molecule has 0 aromatic carbocycles. The molecule has 0 saturated carbocycles. The Balaban J connectivity index is 2.94. The number of ketones is 1. The summed E-state index contributed by atoms with van der Waals surface area (Å²) in [5, 5.41) is 0. The number of carbonyl (C=O) groups is 1. The number of Topliss-reactive ketones (excluding diaryl/α,β-unsaturated/α-hetero) is 1. The van der Waals surface area contributed by atoms with Crippen LogP contribution in [0.15, 0.2) is 6.07 Å². The number of hydrogen-bond donors (Lipinski definition) is 0. The van der Waals surface area contributed by atoms with Crippen LogP contribution in [0.1, 0.15) is 33.5 Å². The molecule has 0 aliphatic heterocycles. The van der Waals surface area contributed by atoms with Crippen LogP contribution in [0.25, 0.3) is 0 Å². The monoisotopic (exact) mass is 260 g/mol. The van der Waals surface area contributed by atoms with E-state index in [2.05, 4.69) is 22.0 Å². The molecule has 1 atom stereocenters. The van der Waals surface area contributed by atoms with E-state index < -0.39 is 0 Å². The molecule has 13 heavy (non-hydrogen) atoms. The second-order valence-electron chi connectivity index (χ2n) is 3.11. The van der Waals surface area contributed by atoms with E-state index in [-0.39, 0.29) is 10.6 Å². The van der Waals surface area contributed by atoms with Crippen LogP contribution >= 0.6 is 27.3 Å². The summed E-state index contributed by atoms with van der Waals surface area (Å²) in [5.41, 5.74) is 1.10. The second kappa shape index (κ2) is 4.38. The van der Waals surface area contributed by atoms with Gasteiger partial charge in [0.05, 0.1) is 9.70 Å². The van der Waals surface area contributed by atoms with Crippen molar-refractivity contribution in [1.29, 1.82) is 0 Å². The average Bonchev–Trinajstić information content (AvgIpc) is 2.42. The molecule has 1 aromatic heterocycles. The van der Waals surface area contributed by atoms with E-state index in [1.165, 1.54) is 4.88 Å². The van der Waals surface area contributed by atoms with Crippen LogP contribution in [0.4, 0.5) is 0 Å². The molecule has 0 bridgehead atoms. The Morgan fingerprint density at radius 3 is 2.62 bits per heavy atom. The lowest BCUT2D eigenvalue weighted by Crippen LogP contribution is -2.12. The molecule has 1 heterocycles. The topological polar surface area (TPSA) is 17.1 Å². The first-order valence-electron chi connectivity index (χ1n) is 4.31. The predicted octanol–water partition coefficient (Wildman–Crippen LogP) is 3.72. The van der Waals surface area contributed by atoms with E-state index in [4.69, 9.17) is 0 Å². The first-order valence-corrected chi connectivity index (χ1v) is 6.04. The number of thiophene rings is 1. The van der Waals surface area contributed by atoms with Gasteiger partial charge < -0.3 is 0 Å². The molecular formula is C10H13BrOS. The molecule has 0 amide bonds. The lowest BCUT2D eigenvalue weighted by molar-refractivity contribution is 0.0993. The van der Waals surface area contributed by atoms with Gasteiger partial charge in [-0.05, 0) is 31.9 Å². The standard InChI is InChI=1S/C10H13BrOS/c1-4-8(11)9(12)10-6(2)5-7(3)13-10/h5,8H,4H2,1-3H3. The highest BCUT2D eigenvalue weighted by atomic mass is 79.9. The number of alkyl halides is 1. The lowest BCUT2D eigenvalue weighted by Gasteiger charge is -2.03. The second-order valence-corrected chi connectivity index (χ2v) is 5.47. The summed E-state index contributed by atoms with van der Waals surface area (Å²) in [7, 11) is 0. The fraction of sp³-hybridized carbons (Fsp3) is 0.500. The smallest absolute Gasteiger partial charge is 0.186 e. The van der Waals surface area contributed by atoms with Gasteiger partial charge in [0.25, 0.3) is 0 Å². The number of aryl methyl sites for hydroxylation is 2. The van der Waals surface area contributed by atoms with Gasteiger partial charge in [-0.2, -0.15) is 0 Å². The van der Waals surface area contributed by atoms with Crippen LogP contribution in [0.2, 0.25) is 0 Å². The normalized spacial score (nSPS) is 12.9. The van der Waals surface area contributed by atoms with E-state index in [0.717, 1.165) is 16.9 Å². The molecule has 1 aromatic rings. The van der Waals surface area contributed by atoms with Crippen LogP contribution in [-0.4, -0.2) is 10.6 Å². The molecule has 0 aliphatic carbocycles. The highest BCUT2D eigenvalue weighted by Crippen LogP contribution is 2.24. The van der Waals surface area contributed by atoms with Gasteiger partial charge in [-0.25, -0.2) is 0 Å². The van der Waals surface area contributed by atoms with Gasteiger partial charge in [0.2, 0.25) is 0 Å². The Morgan fingerprint density at radius 1 is 1.62 bits per heavy atom. The summed E-state index contributed by atoms with van der Waals surface area (Å²) in [6.45, 7) is 6.03. The lowest BCUT2D eigenvalue weighted by atomic mass is 10.1. The minimum Gasteiger partial charge on any atom is -0.292 e. The van der Waals surface area contributed by atoms with Crippen molar-refractivity contribution < 1.29 is 4.79 Å². The third-order valence-electron chi connectivity index (χ3n) is 1.91. The zero-order valence-corrected chi connectivity index (χ0v) is 10.5. The van der Waals surface area contributed by atoms with Crippen molar-refractivity contribution in [2.24, 2.45) is 0 Å². The predicted molar refractivity (Wildman–Crippen MR) is 61.1 cm³/mol. The zero-order valence-electron chi connectivity index (χ0n) is 8.06. The quantitative estimate of drug-likeness (QED) is 0.598. The molecule has 1 unspecified atom stereocenters. The minimum atomic E-state index is -0.0238. The van der Waals surface area contributed by atoms with Crippen molar-refractivity contribution in [3.63, 3.8) is 0 Å². The summed E-state index contributed by atoms with van der Waals surface area (Å²) < 4.78 is 0. The van der Waals surface area contributed by atoms with Gasteiger partial charge in [0.15, 0.2) is 5.78 Å².